The maximum Gasteiger partial charge on any atom is 0.324 e. The van der Waals surface area contributed by atoms with Crippen molar-refractivity contribution in [1.29, 1.82) is 0 Å². The topological polar surface area (TPSA) is 49.9 Å². The molecule has 1 aromatic rings. The number of fused-ring (bicyclic) bond motifs is 1. The lowest BCUT2D eigenvalue weighted by molar-refractivity contribution is 0.0547. The molecule has 0 atom stereocenters. The highest BCUT2D eigenvalue weighted by atomic mass is 16.5. The van der Waals surface area contributed by atoms with Gasteiger partial charge in [-0.1, -0.05) is 12.1 Å². The molecular weight excluding hydrogens is 256 g/mol. The van der Waals surface area contributed by atoms with E-state index in [0.717, 1.165) is 11.3 Å². The molecule has 2 heterocycles. The number of morpholine rings is 1. The average Bonchev–Trinajstić information content (AvgIpc) is 2.49. The Kier molecular flexibility index (Phi) is 3.44. The Bertz CT molecular complexity index is 550. The number of rotatable bonds is 0. The summed E-state index contributed by atoms with van der Waals surface area (Å²) in [6.45, 7) is 4.80. The lowest BCUT2D eigenvalue weighted by atomic mass is 9.97. The molecular formula is C15H18N2O3. The second-order valence-corrected chi connectivity index (χ2v) is 5.18. The Morgan fingerprint density at radius 1 is 1.20 bits per heavy atom. The van der Waals surface area contributed by atoms with Crippen LogP contribution in [0.25, 0.3) is 0 Å². The second-order valence-electron chi connectivity index (χ2n) is 5.18. The van der Waals surface area contributed by atoms with Crippen molar-refractivity contribution in [2.24, 2.45) is 0 Å². The SMILES string of the molecule is Cc1cccc2c1N(C(=O)N1CCOCC1)CCC2=O. The molecule has 1 fully saturated rings. The van der Waals surface area contributed by atoms with Crippen LogP contribution in [0.15, 0.2) is 18.2 Å². The van der Waals surface area contributed by atoms with E-state index in [2.05, 4.69) is 0 Å². The van der Waals surface area contributed by atoms with Gasteiger partial charge in [0, 0.05) is 31.6 Å². The summed E-state index contributed by atoms with van der Waals surface area (Å²) in [6, 6.07) is 5.60. The molecule has 0 aromatic heterocycles. The molecule has 5 heteroatoms. The van der Waals surface area contributed by atoms with Crippen LogP contribution in [-0.2, 0) is 4.74 Å². The molecule has 0 radical (unpaired) electrons. The van der Waals surface area contributed by atoms with Crippen molar-refractivity contribution in [2.75, 3.05) is 37.7 Å². The number of amides is 2. The highest BCUT2D eigenvalue weighted by Gasteiger charge is 2.31. The Labute approximate surface area is 118 Å². The van der Waals surface area contributed by atoms with Crippen molar-refractivity contribution in [3.63, 3.8) is 0 Å². The molecule has 20 heavy (non-hydrogen) atoms. The minimum atomic E-state index is -0.0173. The van der Waals surface area contributed by atoms with Gasteiger partial charge in [-0.05, 0) is 18.6 Å². The summed E-state index contributed by atoms with van der Waals surface area (Å²) in [6.07, 6.45) is 0.395. The zero-order valence-corrected chi connectivity index (χ0v) is 11.6. The molecule has 106 valence electrons. The van der Waals surface area contributed by atoms with Gasteiger partial charge in [-0.2, -0.15) is 0 Å². The Hall–Kier alpha value is -1.88. The lowest BCUT2D eigenvalue weighted by Gasteiger charge is -2.36. The number of carbonyl (C=O) groups excluding carboxylic acids is 2. The van der Waals surface area contributed by atoms with Crippen molar-refractivity contribution in [3.8, 4) is 0 Å². The molecule has 0 aliphatic carbocycles. The summed E-state index contributed by atoms with van der Waals surface area (Å²) in [5, 5.41) is 0. The van der Waals surface area contributed by atoms with E-state index in [0.29, 0.717) is 44.8 Å². The van der Waals surface area contributed by atoms with Crippen molar-refractivity contribution in [2.45, 2.75) is 13.3 Å². The summed E-state index contributed by atoms with van der Waals surface area (Å²) in [4.78, 5) is 28.2. The van der Waals surface area contributed by atoms with E-state index in [-0.39, 0.29) is 11.8 Å². The maximum atomic E-state index is 12.7. The first-order chi connectivity index (χ1) is 9.68. The van der Waals surface area contributed by atoms with E-state index < -0.39 is 0 Å². The highest BCUT2D eigenvalue weighted by Crippen LogP contribution is 2.31. The van der Waals surface area contributed by atoms with Crippen molar-refractivity contribution in [3.05, 3.63) is 29.3 Å². The summed E-state index contributed by atoms with van der Waals surface area (Å²) in [5.41, 5.74) is 2.41. The number of ether oxygens (including phenoxy) is 1. The molecule has 0 saturated carbocycles. The van der Waals surface area contributed by atoms with E-state index in [4.69, 9.17) is 4.74 Å². The van der Waals surface area contributed by atoms with Crippen molar-refractivity contribution < 1.29 is 14.3 Å². The van der Waals surface area contributed by atoms with Crippen LogP contribution in [0, 0.1) is 6.92 Å². The maximum absolute atomic E-state index is 12.7. The fourth-order valence-electron chi connectivity index (χ4n) is 2.82. The third-order valence-electron chi connectivity index (χ3n) is 3.88. The third-order valence-corrected chi connectivity index (χ3v) is 3.88. The number of hydrogen-bond acceptors (Lipinski definition) is 3. The predicted octanol–water partition coefficient (Wildman–Crippen LogP) is 1.84. The number of hydrogen-bond donors (Lipinski definition) is 0. The van der Waals surface area contributed by atoms with Gasteiger partial charge in [-0.3, -0.25) is 9.69 Å². The molecule has 0 spiro atoms. The molecule has 1 saturated heterocycles. The van der Waals surface area contributed by atoms with E-state index in [9.17, 15) is 9.59 Å². The largest absolute Gasteiger partial charge is 0.378 e. The first-order valence-electron chi connectivity index (χ1n) is 6.95. The Morgan fingerprint density at radius 3 is 2.70 bits per heavy atom. The van der Waals surface area contributed by atoms with E-state index in [1.54, 1.807) is 9.80 Å². The summed E-state index contributed by atoms with van der Waals surface area (Å²) in [5.74, 6) is 0.120. The number of nitrogens with zero attached hydrogens (tertiary/aromatic N) is 2. The van der Waals surface area contributed by atoms with Crippen LogP contribution in [0.1, 0.15) is 22.3 Å². The monoisotopic (exact) mass is 274 g/mol. The number of urea groups is 1. The van der Waals surface area contributed by atoms with Crippen LogP contribution in [0.2, 0.25) is 0 Å². The standard InChI is InChI=1S/C15H18N2O3/c1-11-3-2-4-12-13(18)5-6-17(14(11)12)15(19)16-7-9-20-10-8-16/h2-4H,5-10H2,1H3. The van der Waals surface area contributed by atoms with Gasteiger partial charge in [0.2, 0.25) is 0 Å². The first-order valence-corrected chi connectivity index (χ1v) is 6.95. The number of para-hydroxylation sites is 1. The molecule has 2 aliphatic heterocycles. The molecule has 2 aliphatic rings. The van der Waals surface area contributed by atoms with Crippen LogP contribution in [-0.4, -0.2) is 49.6 Å². The molecule has 0 unspecified atom stereocenters. The van der Waals surface area contributed by atoms with Gasteiger partial charge in [0.05, 0.1) is 18.9 Å². The quantitative estimate of drug-likeness (QED) is 0.725. The van der Waals surface area contributed by atoms with Crippen LogP contribution in [0.3, 0.4) is 0 Å². The fraction of sp³-hybridized carbons (Fsp3) is 0.467. The van der Waals surface area contributed by atoms with E-state index in [1.807, 2.05) is 25.1 Å². The number of carbonyl (C=O) groups is 2. The van der Waals surface area contributed by atoms with Gasteiger partial charge in [0.1, 0.15) is 0 Å². The summed E-state index contributed by atoms with van der Waals surface area (Å²) >= 11 is 0. The number of aryl methyl sites for hydroxylation is 1. The van der Waals surface area contributed by atoms with Crippen molar-refractivity contribution in [1.82, 2.24) is 4.90 Å². The van der Waals surface area contributed by atoms with Crippen LogP contribution >= 0.6 is 0 Å². The third kappa shape index (κ3) is 2.18. The smallest absolute Gasteiger partial charge is 0.324 e. The lowest BCUT2D eigenvalue weighted by Crippen LogP contribution is -2.50. The zero-order chi connectivity index (χ0) is 14.1. The minimum absolute atomic E-state index is 0.0173. The second kappa shape index (κ2) is 5.25. The number of anilines is 1. The fourth-order valence-corrected chi connectivity index (χ4v) is 2.82. The molecule has 0 bridgehead atoms. The molecule has 0 N–H and O–H groups in total. The Balaban J connectivity index is 1.94. The van der Waals surface area contributed by atoms with Gasteiger partial charge in [0.15, 0.2) is 5.78 Å². The van der Waals surface area contributed by atoms with E-state index >= 15 is 0 Å². The normalized spacial score (nSPS) is 18.9. The van der Waals surface area contributed by atoms with Crippen LogP contribution in [0.4, 0.5) is 10.5 Å². The summed E-state index contributed by atoms with van der Waals surface area (Å²) in [7, 11) is 0. The van der Waals surface area contributed by atoms with Gasteiger partial charge in [-0.15, -0.1) is 0 Å². The summed E-state index contributed by atoms with van der Waals surface area (Å²) < 4.78 is 5.28. The van der Waals surface area contributed by atoms with Gasteiger partial charge in [0.25, 0.3) is 0 Å². The first kappa shape index (κ1) is 13.1. The van der Waals surface area contributed by atoms with Crippen molar-refractivity contribution >= 4 is 17.5 Å². The van der Waals surface area contributed by atoms with Crippen LogP contribution in [0.5, 0.6) is 0 Å². The van der Waals surface area contributed by atoms with Gasteiger partial charge >= 0.3 is 6.03 Å². The van der Waals surface area contributed by atoms with Crippen LogP contribution < -0.4 is 4.90 Å². The number of benzene rings is 1. The zero-order valence-electron chi connectivity index (χ0n) is 11.6. The minimum Gasteiger partial charge on any atom is -0.378 e. The van der Waals surface area contributed by atoms with Gasteiger partial charge in [-0.25, -0.2) is 4.79 Å². The van der Waals surface area contributed by atoms with Gasteiger partial charge < -0.3 is 9.64 Å². The average molecular weight is 274 g/mol. The van der Waals surface area contributed by atoms with E-state index in [1.165, 1.54) is 0 Å². The molecule has 2 amide bonds. The number of Topliss-reactive ketones (excluding diaryl/α,β-unsaturated/α-hetero) is 1. The highest BCUT2D eigenvalue weighted by molar-refractivity contribution is 6.09. The molecule has 3 rings (SSSR count). The predicted molar refractivity (Wildman–Crippen MR) is 75.3 cm³/mol. The molecule has 5 nitrogen and oxygen atoms in total. The number of ketones is 1. The molecule has 1 aromatic carbocycles. The Morgan fingerprint density at radius 2 is 1.95 bits per heavy atom.